The molecule has 0 saturated carbocycles. The minimum Gasteiger partial charge on any atom is -0.493 e. The van der Waals surface area contributed by atoms with Crippen LogP contribution in [0.25, 0.3) is 0 Å². The summed E-state index contributed by atoms with van der Waals surface area (Å²) in [5.41, 5.74) is 0. The first-order chi connectivity index (χ1) is 11.7. The summed E-state index contributed by atoms with van der Waals surface area (Å²) < 4.78 is 11.6. The number of nitrogens with one attached hydrogen (secondary N) is 1. The van der Waals surface area contributed by atoms with Crippen molar-refractivity contribution in [3.05, 3.63) is 53.6 Å². The summed E-state index contributed by atoms with van der Waals surface area (Å²) in [7, 11) is 0. The van der Waals surface area contributed by atoms with Crippen molar-refractivity contribution in [3.63, 3.8) is 0 Å². The van der Waals surface area contributed by atoms with E-state index in [-0.39, 0.29) is 6.47 Å². The Morgan fingerprint density at radius 1 is 1.12 bits per heavy atom. The van der Waals surface area contributed by atoms with Gasteiger partial charge in [-0.05, 0) is 61.8 Å². The van der Waals surface area contributed by atoms with Crippen LogP contribution in [0.2, 0.25) is 5.02 Å². The second kappa shape index (κ2) is 9.80. The van der Waals surface area contributed by atoms with E-state index in [9.17, 15) is 0 Å². The number of hydrogen-bond donors (Lipinski definition) is 2. The fraction of sp³-hybridized carbons (Fsp3) is 0.278. The Morgan fingerprint density at radius 2 is 1.79 bits per heavy atom. The average Bonchev–Trinajstić information content (AvgIpc) is 2.53. The molecule has 24 heavy (non-hydrogen) atoms. The molecule has 128 valence electrons. The Balaban J connectivity index is 0.000000647. The molecule has 0 aromatic heterocycles. The summed E-state index contributed by atoms with van der Waals surface area (Å²) in [5, 5.41) is 10.9. The van der Waals surface area contributed by atoms with Crippen molar-refractivity contribution in [2.45, 2.75) is 6.42 Å². The lowest BCUT2D eigenvalue weighted by atomic mass is 10.0. The fourth-order valence-corrected chi connectivity index (χ4v) is 2.29. The highest BCUT2D eigenvalue weighted by Crippen LogP contribution is 2.26. The number of ether oxygens (including phenoxy) is 2. The highest BCUT2D eigenvalue weighted by atomic mass is 35.5. The van der Waals surface area contributed by atoms with Crippen LogP contribution >= 0.6 is 11.6 Å². The summed E-state index contributed by atoms with van der Waals surface area (Å²) in [5.74, 6) is 3.13. The van der Waals surface area contributed by atoms with Crippen LogP contribution < -0.4 is 14.8 Å². The lowest BCUT2D eigenvalue weighted by molar-refractivity contribution is -0.122. The number of benzene rings is 2. The summed E-state index contributed by atoms with van der Waals surface area (Å²) in [6, 6.07) is 15.0. The van der Waals surface area contributed by atoms with Crippen LogP contribution in [0.1, 0.15) is 6.42 Å². The van der Waals surface area contributed by atoms with Crippen molar-refractivity contribution < 1.29 is 19.4 Å². The Hall–Kier alpha value is -2.24. The maximum absolute atomic E-state index is 8.36. The third-order valence-electron chi connectivity index (χ3n) is 3.52. The smallest absolute Gasteiger partial charge is 0.290 e. The van der Waals surface area contributed by atoms with Crippen LogP contribution in [-0.4, -0.2) is 31.3 Å². The predicted molar refractivity (Wildman–Crippen MR) is 93.1 cm³/mol. The van der Waals surface area contributed by atoms with Gasteiger partial charge < -0.3 is 19.9 Å². The van der Waals surface area contributed by atoms with Gasteiger partial charge in [-0.1, -0.05) is 17.7 Å². The van der Waals surface area contributed by atoms with E-state index in [0.29, 0.717) is 5.02 Å². The van der Waals surface area contributed by atoms with Gasteiger partial charge in [0.2, 0.25) is 0 Å². The number of carbonyl (C=O) groups is 1. The molecular formula is C18H20ClNO4. The Kier molecular flexibility index (Phi) is 7.39. The van der Waals surface area contributed by atoms with E-state index in [4.69, 9.17) is 31.0 Å². The molecule has 0 aliphatic carbocycles. The van der Waals surface area contributed by atoms with Crippen LogP contribution in [0.3, 0.4) is 0 Å². The molecule has 0 amide bonds. The second-order valence-electron chi connectivity index (χ2n) is 5.30. The Bertz CT molecular complexity index is 629. The van der Waals surface area contributed by atoms with Crippen molar-refractivity contribution in [2.24, 2.45) is 5.92 Å². The van der Waals surface area contributed by atoms with E-state index < -0.39 is 0 Å². The minimum absolute atomic E-state index is 0.250. The number of halogens is 1. The third kappa shape index (κ3) is 6.10. The normalized spacial score (nSPS) is 13.2. The maximum atomic E-state index is 8.36. The molecular weight excluding hydrogens is 330 g/mol. The summed E-state index contributed by atoms with van der Waals surface area (Å²) in [6.45, 7) is 2.73. The third-order valence-corrected chi connectivity index (χ3v) is 3.77. The van der Waals surface area contributed by atoms with Crippen molar-refractivity contribution in [3.8, 4) is 17.2 Å². The first-order valence-corrected chi connectivity index (χ1v) is 8.04. The van der Waals surface area contributed by atoms with E-state index in [1.807, 2.05) is 48.5 Å². The molecule has 2 aromatic carbocycles. The molecule has 0 bridgehead atoms. The van der Waals surface area contributed by atoms with Gasteiger partial charge in [0.1, 0.15) is 17.2 Å². The maximum Gasteiger partial charge on any atom is 0.290 e. The quantitative estimate of drug-likeness (QED) is 0.776. The second-order valence-corrected chi connectivity index (χ2v) is 5.73. The van der Waals surface area contributed by atoms with E-state index in [1.54, 1.807) is 0 Å². The molecule has 2 N–H and O–H groups in total. The van der Waals surface area contributed by atoms with E-state index >= 15 is 0 Å². The lowest BCUT2D eigenvalue weighted by Crippen LogP contribution is -2.42. The molecule has 6 heteroatoms. The van der Waals surface area contributed by atoms with Gasteiger partial charge in [-0.3, -0.25) is 4.79 Å². The standard InChI is InChI=1S/C17H18ClNO2.CH2O2/c18-14-4-6-15(7-5-14)21-17-3-1-2-16(10-17)20-9-8-13-11-19-12-13;2-1-3/h1-7,10,13,19H,8-9,11-12H2;1H,(H,2,3). The Labute approximate surface area is 146 Å². The summed E-state index contributed by atoms with van der Waals surface area (Å²) >= 11 is 5.86. The predicted octanol–water partition coefficient (Wildman–Crippen LogP) is 3.82. The zero-order valence-electron chi connectivity index (χ0n) is 13.2. The highest BCUT2D eigenvalue weighted by Gasteiger charge is 2.16. The van der Waals surface area contributed by atoms with Gasteiger partial charge in [-0.15, -0.1) is 0 Å². The van der Waals surface area contributed by atoms with Crippen LogP contribution in [0, 0.1) is 5.92 Å². The molecule has 5 nitrogen and oxygen atoms in total. The van der Waals surface area contributed by atoms with Gasteiger partial charge >= 0.3 is 0 Å². The van der Waals surface area contributed by atoms with Gasteiger partial charge in [0.25, 0.3) is 6.47 Å². The molecule has 0 radical (unpaired) electrons. The number of rotatable bonds is 6. The van der Waals surface area contributed by atoms with Crippen molar-refractivity contribution >= 4 is 18.1 Å². The molecule has 1 fully saturated rings. The van der Waals surface area contributed by atoms with Gasteiger partial charge in [0.05, 0.1) is 6.61 Å². The first kappa shape index (κ1) is 18.1. The molecule has 0 spiro atoms. The van der Waals surface area contributed by atoms with Gasteiger partial charge in [-0.2, -0.15) is 0 Å². The summed E-state index contributed by atoms with van der Waals surface area (Å²) in [6.07, 6.45) is 1.09. The van der Waals surface area contributed by atoms with Crippen LogP contribution in [-0.2, 0) is 4.79 Å². The molecule has 0 atom stereocenters. The molecule has 0 unspecified atom stereocenters. The molecule has 3 rings (SSSR count). The SMILES string of the molecule is Clc1ccc(Oc2cccc(OCCC3CNC3)c2)cc1.O=CO. The number of carboxylic acid groups (broad SMARTS) is 1. The highest BCUT2D eigenvalue weighted by molar-refractivity contribution is 6.30. The zero-order chi connectivity index (χ0) is 17.2. The van der Waals surface area contributed by atoms with Crippen molar-refractivity contribution in [1.82, 2.24) is 5.32 Å². The fourth-order valence-electron chi connectivity index (χ4n) is 2.16. The molecule has 2 aromatic rings. The van der Waals surface area contributed by atoms with Crippen molar-refractivity contribution in [1.29, 1.82) is 0 Å². The zero-order valence-corrected chi connectivity index (χ0v) is 13.9. The monoisotopic (exact) mass is 349 g/mol. The van der Waals surface area contributed by atoms with E-state index in [1.165, 1.54) is 0 Å². The van der Waals surface area contributed by atoms with Gasteiger partial charge in [-0.25, -0.2) is 0 Å². The molecule has 1 saturated heterocycles. The Morgan fingerprint density at radius 3 is 2.42 bits per heavy atom. The lowest BCUT2D eigenvalue weighted by Gasteiger charge is -2.26. The first-order valence-electron chi connectivity index (χ1n) is 7.66. The molecule has 1 aliphatic rings. The summed E-state index contributed by atoms with van der Waals surface area (Å²) in [4.78, 5) is 8.36. The van der Waals surface area contributed by atoms with Gasteiger partial charge in [0.15, 0.2) is 0 Å². The number of hydrogen-bond acceptors (Lipinski definition) is 4. The van der Waals surface area contributed by atoms with E-state index in [0.717, 1.165) is 49.3 Å². The van der Waals surface area contributed by atoms with Crippen LogP contribution in [0.15, 0.2) is 48.5 Å². The van der Waals surface area contributed by atoms with Crippen molar-refractivity contribution in [2.75, 3.05) is 19.7 Å². The van der Waals surface area contributed by atoms with Gasteiger partial charge in [0, 0.05) is 11.1 Å². The topological polar surface area (TPSA) is 67.8 Å². The van der Waals surface area contributed by atoms with Crippen LogP contribution in [0.5, 0.6) is 17.2 Å². The average molecular weight is 350 g/mol. The molecule has 1 aliphatic heterocycles. The van der Waals surface area contributed by atoms with Crippen LogP contribution in [0.4, 0.5) is 0 Å². The largest absolute Gasteiger partial charge is 0.493 e. The molecule has 1 heterocycles. The minimum atomic E-state index is -0.250. The van der Waals surface area contributed by atoms with E-state index in [2.05, 4.69) is 5.32 Å².